The summed E-state index contributed by atoms with van der Waals surface area (Å²) < 4.78 is 10.9. The molecule has 3 rings (SSSR count). The van der Waals surface area contributed by atoms with Gasteiger partial charge in [0, 0.05) is 36.5 Å². The fourth-order valence-corrected chi connectivity index (χ4v) is 2.90. The Balaban J connectivity index is 1.76. The highest BCUT2D eigenvalue weighted by Gasteiger charge is 2.17. The molecule has 3 aromatic rings. The number of carbonyl (C=O) groups excluding carboxylic acids is 1. The number of aryl methyl sites for hydroxylation is 1. The molecule has 1 amide bonds. The van der Waals surface area contributed by atoms with Crippen LogP contribution in [-0.2, 0) is 17.8 Å². The van der Waals surface area contributed by atoms with Crippen LogP contribution >= 0.6 is 11.6 Å². The average Bonchev–Trinajstić information content (AvgIpc) is 2.67. The van der Waals surface area contributed by atoms with Crippen LogP contribution < -0.4 is 15.7 Å². The molecule has 0 aliphatic carbocycles. The lowest BCUT2D eigenvalue weighted by atomic mass is 10.1. The summed E-state index contributed by atoms with van der Waals surface area (Å²) in [6, 6.07) is 8.33. The van der Waals surface area contributed by atoms with Gasteiger partial charge in [0.05, 0.1) is 5.02 Å². The second-order valence-electron chi connectivity index (χ2n) is 6.06. The Bertz CT molecular complexity index is 1020. The minimum absolute atomic E-state index is 0.284. The Morgan fingerprint density at radius 3 is 2.74 bits per heavy atom. The number of fused-ring (bicyclic) bond motifs is 1. The maximum absolute atomic E-state index is 12.3. The molecule has 27 heavy (non-hydrogen) atoms. The zero-order chi connectivity index (χ0) is 19.4. The molecule has 0 saturated heterocycles. The third-order valence-corrected chi connectivity index (χ3v) is 4.45. The van der Waals surface area contributed by atoms with E-state index in [0.717, 1.165) is 16.5 Å². The van der Waals surface area contributed by atoms with Crippen LogP contribution in [0.25, 0.3) is 11.0 Å². The molecule has 0 spiro atoms. The molecule has 0 aliphatic rings. The molecule has 7 heteroatoms. The van der Waals surface area contributed by atoms with Gasteiger partial charge in [0.2, 0.25) is 0 Å². The predicted octanol–water partition coefficient (Wildman–Crippen LogP) is 3.49. The molecule has 0 fully saturated rings. The van der Waals surface area contributed by atoms with E-state index in [1.54, 1.807) is 31.5 Å². The van der Waals surface area contributed by atoms with E-state index in [9.17, 15) is 9.59 Å². The van der Waals surface area contributed by atoms with E-state index in [1.165, 1.54) is 6.07 Å². The number of ether oxygens (including phenoxy) is 1. The number of hydrogen-bond acceptors (Lipinski definition) is 5. The van der Waals surface area contributed by atoms with Gasteiger partial charge in [0.25, 0.3) is 5.91 Å². The minimum atomic E-state index is -0.775. The first kappa shape index (κ1) is 18.9. The van der Waals surface area contributed by atoms with E-state index < -0.39 is 11.7 Å². The van der Waals surface area contributed by atoms with Crippen molar-refractivity contribution in [2.45, 2.75) is 32.9 Å². The minimum Gasteiger partial charge on any atom is -0.479 e. The molecule has 1 aromatic carbocycles. The molecule has 1 N–H and O–H groups in total. The number of hydrogen-bond donors (Lipinski definition) is 1. The molecule has 0 radical (unpaired) electrons. The van der Waals surface area contributed by atoms with E-state index in [-0.39, 0.29) is 11.7 Å². The van der Waals surface area contributed by atoms with E-state index >= 15 is 0 Å². The summed E-state index contributed by atoms with van der Waals surface area (Å²) in [5.74, 6) is -0.00105. The lowest BCUT2D eigenvalue weighted by molar-refractivity contribution is -0.127. The van der Waals surface area contributed by atoms with Gasteiger partial charge in [-0.2, -0.15) is 0 Å². The fraction of sp³-hybridized carbons (Fsp3) is 0.250. The van der Waals surface area contributed by atoms with Crippen molar-refractivity contribution in [2.24, 2.45) is 0 Å². The van der Waals surface area contributed by atoms with Crippen LogP contribution in [0.4, 0.5) is 0 Å². The number of rotatable bonds is 6. The monoisotopic (exact) mass is 386 g/mol. The van der Waals surface area contributed by atoms with E-state index in [0.29, 0.717) is 23.6 Å². The van der Waals surface area contributed by atoms with E-state index in [4.69, 9.17) is 20.8 Å². The maximum atomic E-state index is 12.3. The molecule has 2 aromatic heterocycles. The van der Waals surface area contributed by atoms with E-state index in [1.807, 2.05) is 19.1 Å². The second-order valence-corrected chi connectivity index (χ2v) is 6.46. The van der Waals surface area contributed by atoms with Gasteiger partial charge in [-0.3, -0.25) is 9.78 Å². The number of benzene rings is 1. The topological polar surface area (TPSA) is 81.4 Å². The van der Waals surface area contributed by atoms with Crippen LogP contribution in [-0.4, -0.2) is 17.0 Å². The quantitative estimate of drug-likeness (QED) is 0.656. The predicted molar refractivity (Wildman–Crippen MR) is 103 cm³/mol. The van der Waals surface area contributed by atoms with Gasteiger partial charge < -0.3 is 14.5 Å². The van der Waals surface area contributed by atoms with Crippen LogP contribution in [0.1, 0.15) is 25.0 Å². The molecule has 0 bridgehead atoms. The van der Waals surface area contributed by atoms with Crippen molar-refractivity contribution in [1.29, 1.82) is 0 Å². The Morgan fingerprint density at radius 2 is 2.04 bits per heavy atom. The van der Waals surface area contributed by atoms with Crippen molar-refractivity contribution in [3.05, 3.63) is 69.3 Å². The normalized spacial score (nSPS) is 12.0. The van der Waals surface area contributed by atoms with Gasteiger partial charge in [-0.05, 0) is 42.7 Å². The average molecular weight is 387 g/mol. The van der Waals surface area contributed by atoms with Crippen molar-refractivity contribution < 1.29 is 13.9 Å². The van der Waals surface area contributed by atoms with Crippen molar-refractivity contribution in [2.75, 3.05) is 0 Å². The van der Waals surface area contributed by atoms with Crippen LogP contribution in [0.3, 0.4) is 0 Å². The lowest BCUT2D eigenvalue weighted by Crippen LogP contribution is -2.35. The summed E-state index contributed by atoms with van der Waals surface area (Å²) in [6.45, 7) is 3.94. The molecule has 6 nitrogen and oxygen atoms in total. The molecule has 2 heterocycles. The van der Waals surface area contributed by atoms with E-state index in [2.05, 4.69) is 10.3 Å². The van der Waals surface area contributed by atoms with Gasteiger partial charge in [-0.25, -0.2) is 4.79 Å². The Kier molecular flexibility index (Phi) is 5.76. The van der Waals surface area contributed by atoms with Crippen LogP contribution in [0.5, 0.6) is 5.75 Å². The maximum Gasteiger partial charge on any atom is 0.336 e. The molecular weight excluding hydrogens is 368 g/mol. The van der Waals surface area contributed by atoms with Gasteiger partial charge in [-0.15, -0.1) is 0 Å². The van der Waals surface area contributed by atoms with Crippen molar-refractivity contribution in [1.82, 2.24) is 10.3 Å². The first-order chi connectivity index (χ1) is 13.0. The van der Waals surface area contributed by atoms with Gasteiger partial charge in [0.15, 0.2) is 6.10 Å². The lowest BCUT2D eigenvalue weighted by Gasteiger charge is -2.16. The SMILES string of the molecule is CCc1cc(=O)oc2cc(OC(C)C(=O)NCc3ccncc3)c(Cl)cc12. The van der Waals surface area contributed by atoms with Crippen molar-refractivity contribution in [3.63, 3.8) is 0 Å². The molecule has 0 aliphatic heterocycles. The Morgan fingerprint density at radius 1 is 1.30 bits per heavy atom. The van der Waals surface area contributed by atoms with Gasteiger partial charge >= 0.3 is 5.63 Å². The summed E-state index contributed by atoms with van der Waals surface area (Å²) >= 11 is 6.31. The van der Waals surface area contributed by atoms with Gasteiger partial charge in [-0.1, -0.05) is 18.5 Å². The molecule has 1 atom stereocenters. The first-order valence-corrected chi connectivity index (χ1v) is 8.95. The highest BCUT2D eigenvalue weighted by Crippen LogP contribution is 2.32. The Labute approximate surface area is 161 Å². The molecule has 0 saturated carbocycles. The zero-order valence-electron chi connectivity index (χ0n) is 15.0. The molecule has 1 unspecified atom stereocenters. The second kappa shape index (κ2) is 8.22. The summed E-state index contributed by atoms with van der Waals surface area (Å²) in [4.78, 5) is 27.9. The number of nitrogens with zero attached hydrogens (tertiary/aromatic N) is 1. The highest BCUT2D eigenvalue weighted by molar-refractivity contribution is 6.32. The number of aromatic nitrogens is 1. The molecule has 140 valence electrons. The van der Waals surface area contributed by atoms with Crippen LogP contribution in [0, 0.1) is 0 Å². The summed E-state index contributed by atoms with van der Waals surface area (Å²) in [5.41, 5.74) is 1.72. The standard InChI is InChI=1S/C20H19ClN2O4/c1-3-14-8-19(24)27-17-10-18(16(21)9-15(14)17)26-12(2)20(25)23-11-13-4-6-22-7-5-13/h4-10,12H,3,11H2,1-2H3,(H,23,25). The number of pyridine rings is 1. The van der Waals surface area contributed by atoms with Crippen molar-refractivity contribution >= 4 is 28.5 Å². The highest BCUT2D eigenvalue weighted by atomic mass is 35.5. The summed E-state index contributed by atoms with van der Waals surface area (Å²) in [5, 5.41) is 3.90. The van der Waals surface area contributed by atoms with Crippen LogP contribution in [0.15, 0.2) is 51.9 Å². The smallest absolute Gasteiger partial charge is 0.336 e. The van der Waals surface area contributed by atoms with Crippen LogP contribution in [0.2, 0.25) is 5.02 Å². The first-order valence-electron chi connectivity index (χ1n) is 8.57. The third-order valence-electron chi connectivity index (χ3n) is 4.15. The Hall–Kier alpha value is -2.86. The van der Waals surface area contributed by atoms with Gasteiger partial charge in [0.1, 0.15) is 11.3 Å². The number of amides is 1. The summed E-state index contributed by atoms with van der Waals surface area (Å²) in [6.07, 6.45) is 3.22. The van der Waals surface area contributed by atoms with Crippen molar-refractivity contribution in [3.8, 4) is 5.75 Å². The largest absolute Gasteiger partial charge is 0.479 e. The third kappa shape index (κ3) is 4.46. The zero-order valence-corrected chi connectivity index (χ0v) is 15.7. The fourth-order valence-electron chi connectivity index (χ4n) is 2.69. The summed E-state index contributed by atoms with van der Waals surface area (Å²) in [7, 11) is 0. The number of carbonyl (C=O) groups is 1. The number of nitrogens with one attached hydrogen (secondary N) is 1. The molecular formula is C20H19ClN2O4. The number of halogens is 1.